The summed E-state index contributed by atoms with van der Waals surface area (Å²) in [7, 11) is 0. The zero-order chi connectivity index (χ0) is 14.1. The number of aromatic amines is 1. The molecule has 1 aromatic heterocycles. The summed E-state index contributed by atoms with van der Waals surface area (Å²) in [5.74, 6) is 0. The Balaban J connectivity index is 1.64. The average Bonchev–Trinajstić information content (AvgIpc) is 2.93. The molecule has 0 unspecified atom stereocenters. The van der Waals surface area contributed by atoms with Crippen LogP contribution in [-0.2, 0) is 12.8 Å². The maximum Gasteiger partial charge on any atom is 0.0638 e. The zero-order valence-electron chi connectivity index (χ0n) is 12.0. The SMILES string of the molecule is c1ccc(CCC2=NCCc3c2[nH]c2ccccc32)cc1. The lowest BCUT2D eigenvalue weighted by atomic mass is 9.98. The van der Waals surface area contributed by atoms with Crippen molar-refractivity contribution in [3.05, 3.63) is 71.4 Å². The molecule has 1 N–H and O–H groups in total. The molecule has 0 radical (unpaired) electrons. The van der Waals surface area contributed by atoms with Crippen LogP contribution in [0, 0.1) is 0 Å². The molecule has 2 aromatic carbocycles. The minimum absolute atomic E-state index is 0.916. The molecular formula is C19H18N2. The third kappa shape index (κ3) is 2.27. The Hall–Kier alpha value is -2.35. The van der Waals surface area contributed by atoms with Crippen molar-refractivity contribution in [1.82, 2.24) is 4.98 Å². The topological polar surface area (TPSA) is 28.1 Å². The summed E-state index contributed by atoms with van der Waals surface area (Å²) in [6.07, 6.45) is 3.10. The highest BCUT2D eigenvalue weighted by Gasteiger charge is 2.18. The van der Waals surface area contributed by atoms with Crippen molar-refractivity contribution in [1.29, 1.82) is 0 Å². The average molecular weight is 274 g/mol. The van der Waals surface area contributed by atoms with E-state index in [-0.39, 0.29) is 0 Å². The monoisotopic (exact) mass is 274 g/mol. The number of nitrogens with one attached hydrogen (secondary N) is 1. The molecule has 0 amide bonds. The fourth-order valence-electron chi connectivity index (χ4n) is 3.20. The lowest BCUT2D eigenvalue weighted by Gasteiger charge is -2.13. The molecule has 0 spiro atoms. The summed E-state index contributed by atoms with van der Waals surface area (Å²) in [4.78, 5) is 8.34. The Morgan fingerprint density at radius 3 is 2.62 bits per heavy atom. The highest BCUT2D eigenvalue weighted by molar-refractivity contribution is 6.06. The number of hydrogen-bond donors (Lipinski definition) is 1. The summed E-state index contributed by atoms with van der Waals surface area (Å²) in [5.41, 5.74) is 6.55. The molecule has 2 heterocycles. The van der Waals surface area contributed by atoms with Crippen LogP contribution in [-0.4, -0.2) is 17.2 Å². The predicted molar refractivity (Wildman–Crippen MR) is 88.2 cm³/mol. The molecule has 0 fully saturated rings. The predicted octanol–water partition coefficient (Wildman–Crippen LogP) is 4.15. The van der Waals surface area contributed by atoms with Crippen LogP contribution >= 0.6 is 0 Å². The zero-order valence-corrected chi connectivity index (χ0v) is 12.0. The molecule has 0 saturated carbocycles. The van der Waals surface area contributed by atoms with Gasteiger partial charge in [-0.15, -0.1) is 0 Å². The van der Waals surface area contributed by atoms with E-state index in [1.807, 2.05) is 0 Å². The first kappa shape index (κ1) is 12.4. The van der Waals surface area contributed by atoms with Gasteiger partial charge < -0.3 is 4.98 Å². The molecule has 0 aliphatic carbocycles. The fourth-order valence-corrected chi connectivity index (χ4v) is 3.20. The first-order chi connectivity index (χ1) is 10.4. The van der Waals surface area contributed by atoms with Gasteiger partial charge in [-0.05, 0) is 36.5 Å². The van der Waals surface area contributed by atoms with Crippen molar-refractivity contribution in [3.8, 4) is 0 Å². The van der Waals surface area contributed by atoms with Crippen LogP contribution < -0.4 is 0 Å². The third-order valence-corrected chi connectivity index (χ3v) is 4.26. The Labute approximate surface area is 124 Å². The van der Waals surface area contributed by atoms with E-state index < -0.39 is 0 Å². The molecule has 0 saturated heterocycles. The van der Waals surface area contributed by atoms with Gasteiger partial charge in [-0.3, -0.25) is 4.99 Å². The molecule has 3 aromatic rings. The van der Waals surface area contributed by atoms with Gasteiger partial charge in [0.25, 0.3) is 0 Å². The Bertz CT molecular complexity index is 797. The number of benzene rings is 2. The summed E-state index contributed by atoms with van der Waals surface area (Å²) in [6.45, 7) is 0.916. The van der Waals surface area contributed by atoms with Gasteiger partial charge in [0.2, 0.25) is 0 Å². The lowest BCUT2D eigenvalue weighted by Crippen LogP contribution is -2.13. The largest absolute Gasteiger partial charge is 0.353 e. The highest BCUT2D eigenvalue weighted by Crippen LogP contribution is 2.27. The van der Waals surface area contributed by atoms with Gasteiger partial charge in [-0.2, -0.15) is 0 Å². The second kappa shape index (κ2) is 5.21. The van der Waals surface area contributed by atoms with E-state index in [1.54, 1.807) is 0 Å². The van der Waals surface area contributed by atoms with Crippen LogP contribution in [0.25, 0.3) is 10.9 Å². The van der Waals surface area contributed by atoms with E-state index >= 15 is 0 Å². The van der Waals surface area contributed by atoms with Crippen LogP contribution in [0.3, 0.4) is 0 Å². The molecule has 104 valence electrons. The number of aryl methyl sites for hydroxylation is 1. The van der Waals surface area contributed by atoms with Crippen molar-refractivity contribution in [2.24, 2.45) is 4.99 Å². The first-order valence-corrected chi connectivity index (χ1v) is 7.59. The van der Waals surface area contributed by atoms with Crippen LogP contribution in [0.15, 0.2) is 59.6 Å². The molecule has 0 bridgehead atoms. The highest BCUT2D eigenvalue weighted by atomic mass is 14.8. The lowest BCUT2D eigenvalue weighted by molar-refractivity contribution is 0.916. The van der Waals surface area contributed by atoms with Gasteiger partial charge in [-0.25, -0.2) is 0 Å². The van der Waals surface area contributed by atoms with E-state index in [0.29, 0.717) is 0 Å². The number of aliphatic imine (C=N–C) groups is 1. The number of aromatic nitrogens is 1. The smallest absolute Gasteiger partial charge is 0.0638 e. The van der Waals surface area contributed by atoms with E-state index in [1.165, 1.54) is 33.4 Å². The first-order valence-electron chi connectivity index (χ1n) is 7.59. The van der Waals surface area contributed by atoms with Crippen LogP contribution in [0.4, 0.5) is 0 Å². The third-order valence-electron chi connectivity index (χ3n) is 4.26. The molecule has 4 rings (SSSR count). The van der Waals surface area contributed by atoms with Crippen LogP contribution in [0.5, 0.6) is 0 Å². The van der Waals surface area contributed by atoms with Gasteiger partial charge in [0, 0.05) is 17.4 Å². The van der Waals surface area contributed by atoms with Crippen molar-refractivity contribution >= 4 is 16.6 Å². The number of hydrogen-bond acceptors (Lipinski definition) is 1. The molecule has 2 nitrogen and oxygen atoms in total. The van der Waals surface area contributed by atoms with Crippen molar-refractivity contribution in [3.63, 3.8) is 0 Å². The Morgan fingerprint density at radius 1 is 0.905 bits per heavy atom. The van der Waals surface area contributed by atoms with E-state index in [4.69, 9.17) is 4.99 Å². The normalized spacial score (nSPS) is 14.0. The van der Waals surface area contributed by atoms with Gasteiger partial charge in [-0.1, -0.05) is 48.5 Å². The summed E-state index contributed by atoms with van der Waals surface area (Å²) in [5, 5.41) is 1.36. The van der Waals surface area contributed by atoms with Crippen molar-refractivity contribution in [2.75, 3.05) is 6.54 Å². The fraction of sp³-hybridized carbons (Fsp3) is 0.211. The number of rotatable bonds is 3. The number of para-hydroxylation sites is 1. The molecule has 1 aliphatic rings. The van der Waals surface area contributed by atoms with Gasteiger partial charge in [0.1, 0.15) is 0 Å². The number of H-pyrrole nitrogens is 1. The second-order valence-corrected chi connectivity index (χ2v) is 5.59. The van der Waals surface area contributed by atoms with Gasteiger partial charge in [0.05, 0.1) is 11.4 Å². The maximum absolute atomic E-state index is 4.77. The minimum Gasteiger partial charge on any atom is -0.353 e. The second-order valence-electron chi connectivity index (χ2n) is 5.59. The Kier molecular flexibility index (Phi) is 3.07. The quantitative estimate of drug-likeness (QED) is 0.743. The van der Waals surface area contributed by atoms with Crippen LogP contribution in [0.1, 0.15) is 23.2 Å². The van der Waals surface area contributed by atoms with E-state index in [0.717, 1.165) is 25.8 Å². The van der Waals surface area contributed by atoms with E-state index in [9.17, 15) is 0 Å². The van der Waals surface area contributed by atoms with Gasteiger partial charge >= 0.3 is 0 Å². The van der Waals surface area contributed by atoms with Crippen molar-refractivity contribution in [2.45, 2.75) is 19.3 Å². The molecular weight excluding hydrogens is 256 g/mol. The van der Waals surface area contributed by atoms with Gasteiger partial charge in [0.15, 0.2) is 0 Å². The van der Waals surface area contributed by atoms with Crippen molar-refractivity contribution < 1.29 is 0 Å². The minimum atomic E-state index is 0.916. The number of fused-ring (bicyclic) bond motifs is 3. The molecule has 21 heavy (non-hydrogen) atoms. The molecule has 0 atom stereocenters. The van der Waals surface area contributed by atoms with E-state index in [2.05, 4.69) is 59.6 Å². The maximum atomic E-state index is 4.77. The summed E-state index contributed by atoms with van der Waals surface area (Å²) in [6, 6.07) is 19.2. The summed E-state index contributed by atoms with van der Waals surface area (Å²) >= 11 is 0. The molecule has 2 heteroatoms. The Morgan fingerprint density at radius 2 is 1.71 bits per heavy atom. The number of nitrogens with zero attached hydrogens (tertiary/aromatic N) is 1. The standard InChI is InChI=1S/C19H18N2/c1-2-6-14(7-3-1)10-11-18-19-16(12-13-20-18)15-8-4-5-9-17(15)21-19/h1-9,21H,10-13H2. The molecule has 1 aliphatic heterocycles. The summed E-state index contributed by atoms with van der Waals surface area (Å²) < 4.78 is 0. The van der Waals surface area contributed by atoms with Crippen LogP contribution in [0.2, 0.25) is 0 Å².